The van der Waals surface area contributed by atoms with Crippen molar-refractivity contribution < 1.29 is 32.7 Å². The van der Waals surface area contributed by atoms with Crippen LogP contribution >= 0.6 is 0 Å². The van der Waals surface area contributed by atoms with Gasteiger partial charge in [-0.05, 0) is 0 Å². The molecule has 0 N–H and O–H groups in total. The summed E-state index contributed by atoms with van der Waals surface area (Å²) in [6.07, 6.45) is 4.09. The molecule has 0 heterocycles. The summed E-state index contributed by atoms with van der Waals surface area (Å²) >= 11 is 0. The Labute approximate surface area is 91.0 Å². The van der Waals surface area contributed by atoms with E-state index in [1.165, 1.54) is 19.3 Å². The third-order valence-corrected chi connectivity index (χ3v) is 1.98. The van der Waals surface area contributed by atoms with Crippen molar-refractivity contribution in [2.75, 3.05) is 0 Å². The van der Waals surface area contributed by atoms with Crippen molar-refractivity contribution in [1.82, 2.24) is 0 Å². The predicted molar refractivity (Wildman–Crippen MR) is 43.3 cm³/mol. The molecular formula is C9H19Y-. The van der Waals surface area contributed by atoms with Gasteiger partial charge in [0.25, 0.3) is 0 Å². The van der Waals surface area contributed by atoms with E-state index >= 15 is 0 Å². The van der Waals surface area contributed by atoms with E-state index in [0.29, 0.717) is 0 Å². The van der Waals surface area contributed by atoms with E-state index in [4.69, 9.17) is 0 Å². The zero-order chi connectivity index (χ0) is 7.28. The Morgan fingerprint density at radius 3 is 2.10 bits per heavy atom. The molecule has 0 aliphatic heterocycles. The number of unbranched alkanes of at least 4 members (excludes halogenated alkanes) is 1. The molecule has 0 spiro atoms. The third kappa shape index (κ3) is 7.21. The normalized spacial score (nSPS) is 12.9. The molecule has 0 aromatic carbocycles. The molecule has 0 saturated carbocycles. The van der Waals surface area contributed by atoms with Crippen molar-refractivity contribution in [3.8, 4) is 0 Å². The first kappa shape index (κ1) is 13.7. The molecule has 1 atom stereocenters. The predicted octanol–water partition coefficient (Wildman–Crippen LogP) is 3.42. The molecule has 0 aromatic rings. The second kappa shape index (κ2) is 8.20. The molecule has 0 nitrogen and oxygen atoms in total. The minimum absolute atomic E-state index is 0. The summed E-state index contributed by atoms with van der Waals surface area (Å²) in [5.41, 5.74) is 0. The van der Waals surface area contributed by atoms with Crippen LogP contribution in [0.4, 0.5) is 0 Å². The fourth-order valence-corrected chi connectivity index (χ4v) is 0.799. The molecule has 0 aromatic heterocycles. The Morgan fingerprint density at radius 2 is 1.80 bits per heavy atom. The maximum absolute atomic E-state index is 2.31. The van der Waals surface area contributed by atoms with Crippen molar-refractivity contribution >= 4 is 0 Å². The van der Waals surface area contributed by atoms with E-state index in [-0.39, 0.29) is 32.7 Å². The van der Waals surface area contributed by atoms with Crippen LogP contribution in [0, 0.1) is 11.8 Å². The van der Waals surface area contributed by atoms with Gasteiger partial charge in [0, 0.05) is 32.7 Å². The Morgan fingerprint density at radius 1 is 1.30 bits per heavy atom. The molecule has 0 aliphatic carbocycles. The summed E-state index contributed by atoms with van der Waals surface area (Å²) in [6.45, 7) is 9.00. The molecule has 10 heavy (non-hydrogen) atoms. The molecule has 0 aliphatic rings. The van der Waals surface area contributed by atoms with E-state index in [0.717, 1.165) is 5.92 Å². The van der Waals surface area contributed by atoms with Crippen LogP contribution in [-0.4, -0.2) is 0 Å². The second-order valence-electron chi connectivity index (χ2n) is 3.12. The first-order valence-corrected chi connectivity index (χ1v) is 3.98. The van der Waals surface area contributed by atoms with E-state index in [9.17, 15) is 0 Å². The zero-order valence-electron chi connectivity index (χ0n) is 7.78. The van der Waals surface area contributed by atoms with Crippen LogP contribution in [0.5, 0.6) is 0 Å². The monoisotopic (exact) mass is 216 g/mol. The SMILES string of the molecule is CCCCC(C)[C-](C)C.[Y]. The van der Waals surface area contributed by atoms with Crippen LogP contribution in [0.15, 0.2) is 0 Å². The van der Waals surface area contributed by atoms with Crippen LogP contribution in [-0.2, 0) is 32.7 Å². The van der Waals surface area contributed by atoms with E-state index in [1.807, 2.05) is 0 Å². The average molecular weight is 216 g/mol. The quantitative estimate of drug-likeness (QED) is 0.631. The summed E-state index contributed by atoms with van der Waals surface area (Å²) in [7, 11) is 0. The van der Waals surface area contributed by atoms with Crippen molar-refractivity contribution in [1.29, 1.82) is 0 Å². The molecule has 0 fully saturated rings. The molecule has 1 radical (unpaired) electrons. The molecule has 1 unspecified atom stereocenters. The van der Waals surface area contributed by atoms with Crippen LogP contribution in [0.1, 0.15) is 47.0 Å². The molecular weight excluding hydrogens is 197 g/mol. The van der Waals surface area contributed by atoms with E-state index in [2.05, 4.69) is 27.7 Å². The molecule has 0 saturated heterocycles. The maximum atomic E-state index is 2.31. The maximum Gasteiger partial charge on any atom is 0 e. The summed E-state index contributed by atoms with van der Waals surface area (Å²) in [6, 6.07) is 0. The van der Waals surface area contributed by atoms with Crippen LogP contribution < -0.4 is 0 Å². The van der Waals surface area contributed by atoms with Gasteiger partial charge < -0.3 is 5.92 Å². The first-order chi connectivity index (χ1) is 4.18. The smallest absolute Gasteiger partial charge is 0 e. The number of rotatable bonds is 4. The van der Waals surface area contributed by atoms with Crippen LogP contribution in [0.2, 0.25) is 0 Å². The van der Waals surface area contributed by atoms with Gasteiger partial charge in [-0.3, -0.25) is 0 Å². The molecule has 0 bridgehead atoms. The second-order valence-corrected chi connectivity index (χ2v) is 3.12. The van der Waals surface area contributed by atoms with Gasteiger partial charge in [-0.25, -0.2) is 0 Å². The van der Waals surface area contributed by atoms with Crippen LogP contribution in [0.3, 0.4) is 0 Å². The van der Waals surface area contributed by atoms with Crippen molar-refractivity contribution in [2.24, 2.45) is 5.92 Å². The molecule has 0 amide bonds. The molecule has 0 rings (SSSR count). The summed E-state index contributed by atoms with van der Waals surface area (Å²) in [5, 5.41) is 0. The fraction of sp³-hybridized carbons (Fsp3) is 0.889. The Hall–Kier alpha value is 1.10. The van der Waals surface area contributed by atoms with Crippen molar-refractivity contribution in [3.63, 3.8) is 0 Å². The van der Waals surface area contributed by atoms with Gasteiger partial charge in [-0.15, -0.1) is 0 Å². The van der Waals surface area contributed by atoms with Gasteiger partial charge in [0.15, 0.2) is 0 Å². The molecule has 59 valence electrons. The Balaban J connectivity index is 0. The summed E-state index contributed by atoms with van der Waals surface area (Å²) in [4.78, 5) is 0. The Kier molecular flexibility index (Phi) is 11.2. The van der Waals surface area contributed by atoms with Gasteiger partial charge in [0.1, 0.15) is 0 Å². The van der Waals surface area contributed by atoms with Crippen molar-refractivity contribution in [2.45, 2.75) is 47.0 Å². The van der Waals surface area contributed by atoms with Gasteiger partial charge in [-0.1, -0.05) is 33.1 Å². The Bertz CT molecular complexity index is 59.7. The minimum atomic E-state index is 0. The minimum Gasteiger partial charge on any atom is -0.317 e. The average Bonchev–Trinajstić information content (AvgIpc) is 1.82. The van der Waals surface area contributed by atoms with Gasteiger partial charge in [0.05, 0.1) is 0 Å². The standard InChI is InChI=1S/C9H19.Y/c1-5-6-7-9(4)8(2)3;/h9H,5-7H2,1-4H3;/q-1;. The fourth-order valence-electron chi connectivity index (χ4n) is 0.799. The first-order valence-electron chi connectivity index (χ1n) is 3.98. The topological polar surface area (TPSA) is 0 Å². The summed E-state index contributed by atoms with van der Waals surface area (Å²) in [5.74, 6) is 2.41. The van der Waals surface area contributed by atoms with E-state index in [1.54, 1.807) is 5.92 Å². The molecule has 1 heteroatoms. The van der Waals surface area contributed by atoms with Gasteiger partial charge in [-0.2, -0.15) is 19.8 Å². The van der Waals surface area contributed by atoms with Crippen molar-refractivity contribution in [3.05, 3.63) is 5.92 Å². The third-order valence-electron chi connectivity index (χ3n) is 1.98. The number of hydrogen-bond acceptors (Lipinski definition) is 0. The van der Waals surface area contributed by atoms with Crippen LogP contribution in [0.25, 0.3) is 0 Å². The summed E-state index contributed by atoms with van der Waals surface area (Å²) < 4.78 is 0. The van der Waals surface area contributed by atoms with E-state index < -0.39 is 0 Å². The largest absolute Gasteiger partial charge is 0.317 e. The van der Waals surface area contributed by atoms with Gasteiger partial charge >= 0.3 is 0 Å². The zero-order valence-corrected chi connectivity index (χ0v) is 10.6. The van der Waals surface area contributed by atoms with Gasteiger partial charge in [0.2, 0.25) is 0 Å². The number of hydrogen-bond donors (Lipinski definition) is 0.